The Morgan fingerprint density at radius 2 is 2.06 bits per heavy atom. The molecular weight excluding hydrogens is 400 g/mol. The zero-order valence-electron chi connectivity index (χ0n) is 19.2. The highest BCUT2D eigenvalue weighted by molar-refractivity contribution is 5.85. The van der Waals surface area contributed by atoms with Crippen LogP contribution in [-0.4, -0.2) is 46.9 Å². The number of nitrogens with zero attached hydrogens (tertiary/aromatic N) is 5. The van der Waals surface area contributed by atoms with E-state index in [1.54, 1.807) is 10.7 Å². The molecule has 0 aliphatic carbocycles. The average molecular weight is 433 g/mol. The Balaban J connectivity index is 1.49. The lowest BCUT2D eigenvalue weighted by atomic mass is 10.0. The number of nitrogens with one attached hydrogen (secondary N) is 1. The molecule has 0 atom stereocenters. The molecule has 0 saturated carbocycles. The van der Waals surface area contributed by atoms with Crippen LogP contribution < -0.4 is 15.0 Å². The topological polar surface area (TPSA) is 78.5 Å². The minimum Gasteiger partial charge on any atom is -0.492 e. The molecule has 168 valence electrons. The van der Waals surface area contributed by atoms with Crippen molar-refractivity contribution in [2.75, 3.05) is 31.1 Å². The first kappa shape index (κ1) is 22.1. The summed E-state index contributed by atoms with van der Waals surface area (Å²) >= 11 is 0. The Hall–Kier alpha value is -3.11. The van der Waals surface area contributed by atoms with Crippen LogP contribution >= 0.6 is 0 Å². The van der Waals surface area contributed by atoms with E-state index < -0.39 is 0 Å². The highest BCUT2D eigenvalue weighted by Crippen LogP contribution is 2.31. The third-order valence-electron chi connectivity index (χ3n) is 6.05. The highest BCUT2D eigenvalue weighted by Gasteiger charge is 2.20. The van der Waals surface area contributed by atoms with Crippen molar-refractivity contribution in [3.05, 3.63) is 42.4 Å². The summed E-state index contributed by atoms with van der Waals surface area (Å²) in [6, 6.07) is 8.96. The number of fused-ring (bicyclic) bond motifs is 1. The number of aromatic nitrogens is 3. The van der Waals surface area contributed by atoms with Gasteiger partial charge in [0.2, 0.25) is 0 Å². The van der Waals surface area contributed by atoms with E-state index in [0.29, 0.717) is 18.2 Å². The van der Waals surface area contributed by atoms with Gasteiger partial charge in [-0.3, -0.25) is 0 Å². The van der Waals surface area contributed by atoms with E-state index >= 15 is 0 Å². The van der Waals surface area contributed by atoms with Crippen LogP contribution in [-0.2, 0) is 0 Å². The number of rotatable bonds is 8. The maximum Gasteiger partial charge on any atom is 0.138 e. The lowest BCUT2D eigenvalue weighted by Crippen LogP contribution is -2.43. The Morgan fingerprint density at radius 3 is 2.72 bits per heavy atom. The number of ether oxygens (including phenoxy) is 1. The fraction of sp³-hybridized carbons (Fsp3) is 0.480. The molecule has 1 aliphatic rings. The quantitative estimate of drug-likeness (QED) is 0.573. The molecular formula is C25H32N6O. The summed E-state index contributed by atoms with van der Waals surface area (Å²) < 4.78 is 7.42. The van der Waals surface area contributed by atoms with E-state index in [1.807, 2.05) is 25.4 Å². The molecule has 0 spiro atoms. The summed E-state index contributed by atoms with van der Waals surface area (Å²) in [5.74, 6) is 2.46. The number of nitriles is 1. The van der Waals surface area contributed by atoms with Crippen LogP contribution in [0.3, 0.4) is 0 Å². The first-order valence-corrected chi connectivity index (χ1v) is 11.6. The summed E-state index contributed by atoms with van der Waals surface area (Å²) in [6.45, 7) is 10.2. The van der Waals surface area contributed by atoms with Crippen LogP contribution in [0.15, 0.2) is 36.8 Å². The van der Waals surface area contributed by atoms with Gasteiger partial charge in [-0.05, 0) is 56.8 Å². The van der Waals surface area contributed by atoms with Gasteiger partial charge in [-0.1, -0.05) is 13.8 Å². The summed E-state index contributed by atoms with van der Waals surface area (Å²) in [4.78, 5) is 7.12. The van der Waals surface area contributed by atoms with Crippen molar-refractivity contribution in [2.45, 2.75) is 46.1 Å². The summed E-state index contributed by atoms with van der Waals surface area (Å²) in [5.41, 5.74) is 3.16. The maximum absolute atomic E-state index is 9.52. The number of piperidine rings is 1. The lowest BCUT2D eigenvalue weighted by molar-refractivity contribution is 0.338. The number of pyridine rings is 2. The fourth-order valence-electron chi connectivity index (χ4n) is 4.27. The predicted molar refractivity (Wildman–Crippen MR) is 127 cm³/mol. The van der Waals surface area contributed by atoms with Gasteiger partial charge in [0.1, 0.15) is 17.6 Å². The molecule has 0 amide bonds. The second-order valence-corrected chi connectivity index (χ2v) is 8.79. The molecule has 3 aromatic heterocycles. The Morgan fingerprint density at radius 1 is 1.25 bits per heavy atom. The molecule has 4 rings (SSSR count). The van der Waals surface area contributed by atoms with Gasteiger partial charge in [0.05, 0.1) is 30.1 Å². The van der Waals surface area contributed by atoms with Crippen molar-refractivity contribution >= 4 is 11.3 Å². The van der Waals surface area contributed by atoms with Crippen LogP contribution in [0.2, 0.25) is 0 Å². The second kappa shape index (κ2) is 10.0. The molecule has 7 heteroatoms. The minimum absolute atomic E-state index is 0.541. The average Bonchev–Trinajstić information content (AvgIpc) is 3.22. The molecule has 4 heterocycles. The Kier molecular flexibility index (Phi) is 6.91. The molecule has 3 aromatic rings. The Bertz CT molecular complexity index is 1070. The van der Waals surface area contributed by atoms with Gasteiger partial charge >= 0.3 is 0 Å². The highest BCUT2D eigenvalue weighted by atomic mass is 16.5. The molecule has 1 aliphatic heterocycles. The molecule has 1 saturated heterocycles. The van der Waals surface area contributed by atoms with Gasteiger partial charge in [0.15, 0.2) is 0 Å². The zero-order chi connectivity index (χ0) is 22.5. The number of hydrogen-bond acceptors (Lipinski definition) is 6. The molecule has 32 heavy (non-hydrogen) atoms. The predicted octanol–water partition coefficient (Wildman–Crippen LogP) is 4.27. The smallest absolute Gasteiger partial charge is 0.138 e. The molecule has 0 unspecified atom stereocenters. The molecule has 1 N–H and O–H groups in total. The second-order valence-electron chi connectivity index (χ2n) is 8.79. The van der Waals surface area contributed by atoms with Gasteiger partial charge in [-0.25, -0.2) is 9.50 Å². The van der Waals surface area contributed by atoms with Gasteiger partial charge < -0.3 is 15.0 Å². The van der Waals surface area contributed by atoms with E-state index in [-0.39, 0.29) is 0 Å². The standard InChI is InChI=1S/C25H32N6O/c1-4-32-22-13-23(25-20(14-26)16-29-31(25)17-22)19-5-6-24(28-15-19)30-11-8-21(9-12-30)27-10-7-18(2)3/h5-6,13,15-18,21,27H,4,7-12H2,1-3H3. The van der Waals surface area contributed by atoms with Crippen LogP contribution in [0, 0.1) is 17.2 Å². The molecule has 7 nitrogen and oxygen atoms in total. The lowest BCUT2D eigenvalue weighted by Gasteiger charge is -2.33. The van der Waals surface area contributed by atoms with E-state index in [4.69, 9.17) is 9.72 Å². The monoisotopic (exact) mass is 432 g/mol. The van der Waals surface area contributed by atoms with E-state index in [2.05, 4.69) is 47.4 Å². The van der Waals surface area contributed by atoms with Crippen molar-refractivity contribution in [1.29, 1.82) is 5.26 Å². The van der Waals surface area contributed by atoms with Gasteiger partial charge in [-0.15, -0.1) is 0 Å². The van der Waals surface area contributed by atoms with Crippen molar-refractivity contribution < 1.29 is 4.74 Å². The van der Waals surface area contributed by atoms with Crippen molar-refractivity contribution in [2.24, 2.45) is 5.92 Å². The van der Waals surface area contributed by atoms with E-state index in [9.17, 15) is 5.26 Å². The third-order valence-corrected chi connectivity index (χ3v) is 6.05. The van der Waals surface area contributed by atoms with Gasteiger partial charge in [-0.2, -0.15) is 10.4 Å². The minimum atomic E-state index is 0.541. The SMILES string of the molecule is CCOc1cc(-c2ccc(N3CCC(NCCC(C)C)CC3)nc2)c2c(C#N)cnn2c1. The summed E-state index contributed by atoms with van der Waals surface area (Å²) in [7, 11) is 0. The molecule has 0 bridgehead atoms. The first-order chi connectivity index (χ1) is 15.6. The first-order valence-electron chi connectivity index (χ1n) is 11.6. The van der Waals surface area contributed by atoms with Crippen molar-refractivity contribution in [3.8, 4) is 22.9 Å². The normalized spacial score (nSPS) is 14.8. The van der Waals surface area contributed by atoms with E-state index in [0.717, 1.165) is 66.6 Å². The van der Waals surface area contributed by atoms with Crippen LogP contribution in [0.5, 0.6) is 5.75 Å². The maximum atomic E-state index is 9.52. The summed E-state index contributed by atoms with van der Waals surface area (Å²) in [6.07, 6.45) is 8.80. The van der Waals surface area contributed by atoms with Crippen molar-refractivity contribution in [3.63, 3.8) is 0 Å². The Labute approximate surface area is 190 Å². The molecule has 0 aromatic carbocycles. The number of hydrogen-bond donors (Lipinski definition) is 1. The van der Waals surface area contributed by atoms with Gasteiger partial charge in [0.25, 0.3) is 0 Å². The summed E-state index contributed by atoms with van der Waals surface area (Å²) in [5, 5.41) is 17.6. The van der Waals surface area contributed by atoms with Gasteiger partial charge in [0, 0.05) is 36.5 Å². The third kappa shape index (κ3) is 4.86. The van der Waals surface area contributed by atoms with E-state index in [1.165, 1.54) is 6.42 Å². The number of anilines is 1. The van der Waals surface area contributed by atoms with Crippen LogP contribution in [0.4, 0.5) is 5.82 Å². The molecule has 0 radical (unpaired) electrons. The zero-order valence-corrected chi connectivity index (χ0v) is 19.2. The fourth-order valence-corrected chi connectivity index (χ4v) is 4.27. The largest absolute Gasteiger partial charge is 0.492 e. The van der Waals surface area contributed by atoms with Crippen LogP contribution in [0.25, 0.3) is 16.6 Å². The molecule has 1 fully saturated rings. The van der Waals surface area contributed by atoms with Crippen LogP contribution in [0.1, 0.15) is 45.6 Å². The van der Waals surface area contributed by atoms with Crippen molar-refractivity contribution in [1.82, 2.24) is 19.9 Å².